The van der Waals surface area contributed by atoms with E-state index in [9.17, 15) is 24.5 Å². The third-order valence-corrected chi connectivity index (χ3v) is 6.51. The molecule has 1 saturated carbocycles. The molecule has 0 amide bonds. The molecule has 0 aromatic heterocycles. The Morgan fingerprint density at radius 3 is 2.76 bits per heavy atom. The molecule has 7 atom stereocenters. The second-order valence-corrected chi connectivity index (χ2v) is 9.39. The summed E-state index contributed by atoms with van der Waals surface area (Å²) in [5, 5.41) is 30.1. The molecule has 1 heterocycles. The molecule has 1 unspecified atom stereocenters. The molecule has 8 heteroatoms. The van der Waals surface area contributed by atoms with Crippen LogP contribution in [0.15, 0.2) is 36.4 Å². The molecule has 1 aliphatic heterocycles. The van der Waals surface area contributed by atoms with Crippen LogP contribution in [0.5, 0.6) is 5.75 Å². The molecular weight excluding hydrogens is 431 g/mol. The number of carboxylic acid groups (broad SMARTS) is 1. The average Bonchev–Trinajstić information content (AvgIpc) is 2.92. The Balaban J connectivity index is 1.51. The summed E-state index contributed by atoms with van der Waals surface area (Å²) in [5.74, 6) is -1.45. The van der Waals surface area contributed by atoms with Gasteiger partial charge in [0.15, 0.2) is 17.7 Å². The molecule has 3 rings (SSSR count). The lowest BCUT2D eigenvalue weighted by Crippen LogP contribution is -2.32. The Labute approximate surface area is 194 Å². The van der Waals surface area contributed by atoms with Crippen LogP contribution < -0.4 is 4.74 Å². The number of halogens is 1. The standard InChI is InChI=1S/C25H35FO7/c1-15(2)24(25(29)30)33-13-16-7-9-19-18(21(28)11-23(19)31-12-16)10-8-17(27)14-32-22-6-4-3-5-20(22)26/h3-6,8,10,15-19,21,23-24,27-28H,7,9,11-14H2,1-2H3,(H,29,30)/b10-8+/t16-,17-,18-,19-,21-,23+,24?/m1/s1. The van der Waals surface area contributed by atoms with Gasteiger partial charge in [0.1, 0.15) is 12.7 Å². The van der Waals surface area contributed by atoms with Crippen LogP contribution >= 0.6 is 0 Å². The first kappa shape index (κ1) is 25.6. The highest BCUT2D eigenvalue weighted by Gasteiger charge is 2.43. The van der Waals surface area contributed by atoms with Gasteiger partial charge < -0.3 is 29.5 Å². The maximum atomic E-state index is 13.6. The van der Waals surface area contributed by atoms with Gasteiger partial charge in [-0.2, -0.15) is 0 Å². The van der Waals surface area contributed by atoms with Crippen molar-refractivity contribution in [2.75, 3.05) is 19.8 Å². The van der Waals surface area contributed by atoms with Crippen LogP contribution in [-0.2, 0) is 14.3 Å². The van der Waals surface area contributed by atoms with Crippen LogP contribution in [-0.4, -0.2) is 65.5 Å². The average molecular weight is 467 g/mol. The molecule has 0 spiro atoms. The van der Waals surface area contributed by atoms with Gasteiger partial charge in [0.25, 0.3) is 0 Å². The monoisotopic (exact) mass is 466 g/mol. The summed E-state index contributed by atoms with van der Waals surface area (Å²) in [6.45, 7) is 4.34. The Kier molecular flexibility index (Phi) is 9.26. The van der Waals surface area contributed by atoms with E-state index in [1.165, 1.54) is 12.1 Å². The van der Waals surface area contributed by atoms with Crippen molar-refractivity contribution in [2.45, 2.75) is 57.5 Å². The summed E-state index contributed by atoms with van der Waals surface area (Å²) in [7, 11) is 0. The lowest BCUT2D eigenvalue weighted by atomic mass is 9.87. The molecule has 0 bridgehead atoms. The van der Waals surface area contributed by atoms with Crippen molar-refractivity contribution < 1.29 is 38.7 Å². The maximum absolute atomic E-state index is 13.6. The van der Waals surface area contributed by atoms with Crippen molar-refractivity contribution >= 4 is 5.97 Å². The fraction of sp³-hybridized carbons (Fsp3) is 0.640. The first-order valence-electron chi connectivity index (χ1n) is 11.6. The van der Waals surface area contributed by atoms with Crippen LogP contribution in [0.1, 0.15) is 33.1 Å². The van der Waals surface area contributed by atoms with Crippen LogP contribution in [0.3, 0.4) is 0 Å². The number of hydrogen-bond acceptors (Lipinski definition) is 6. The van der Waals surface area contributed by atoms with Gasteiger partial charge >= 0.3 is 5.97 Å². The Bertz CT molecular complexity index is 799. The molecule has 7 nitrogen and oxygen atoms in total. The van der Waals surface area contributed by atoms with Gasteiger partial charge in [0, 0.05) is 18.3 Å². The van der Waals surface area contributed by atoms with Gasteiger partial charge in [-0.3, -0.25) is 0 Å². The second kappa shape index (κ2) is 11.9. The summed E-state index contributed by atoms with van der Waals surface area (Å²) < 4.78 is 30.7. The Morgan fingerprint density at radius 1 is 1.30 bits per heavy atom. The highest BCUT2D eigenvalue weighted by Crippen LogP contribution is 2.41. The Morgan fingerprint density at radius 2 is 2.06 bits per heavy atom. The minimum atomic E-state index is -0.956. The van der Waals surface area contributed by atoms with E-state index in [1.807, 2.05) is 19.9 Å². The van der Waals surface area contributed by atoms with Gasteiger partial charge in [-0.25, -0.2) is 9.18 Å². The number of carbonyl (C=O) groups is 1. The number of benzene rings is 1. The fourth-order valence-electron chi connectivity index (χ4n) is 4.68. The van der Waals surface area contributed by atoms with Gasteiger partial charge in [-0.05, 0) is 36.8 Å². The number of fused-ring (bicyclic) bond motifs is 1. The van der Waals surface area contributed by atoms with Crippen LogP contribution in [0.25, 0.3) is 0 Å². The Hall–Kier alpha value is -2.00. The number of carboxylic acids is 1. The summed E-state index contributed by atoms with van der Waals surface area (Å²) in [6.07, 6.45) is 3.10. The van der Waals surface area contributed by atoms with Crippen LogP contribution in [0, 0.1) is 29.5 Å². The van der Waals surface area contributed by atoms with Crippen molar-refractivity contribution in [3.05, 3.63) is 42.2 Å². The van der Waals surface area contributed by atoms with Crippen LogP contribution in [0.2, 0.25) is 0 Å². The largest absolute Gasteiger partial charge is 0.487 e. The molecule has 2 fully saturated rings. The topological polar surface area (TPSA) is 105 Å². The van der Waals surface area contributed by atoms with E-state index >= 15 is 0 Å². The van der Waals surface area contributed by atoms with E-state index in [4.69, 9.17) is 14.2 Å². The number of para-hydroxylation sites is 1. The van der Waals surface area contributed by atoms with Gasteiger partial charge in [0.2, 0.25) is 0 Å². The number of ether oxygens (including phenoxy) is 3. The molecule has 3 N–H and O–H groups in total. The first-order chi connectivity index (χ1) is 15.8. The van der Waals surface area contributed by atoms with Gasteiger partial charge in [0.05, 0.1) is 25.4 Å². The molecular formula is C25H35FO7. The van der Waals surface area contributed by atoms with E-state index in [2.05, 4.69) is 0 Å². The second-order valence-electron chi connectivity index (χ2n) is 9.39. The normalized spacial score (nSPS) is 29.6. The summed E-state index contributed by atoms with van der Waals surface area (Å²) in [4.78, 5) is 11.4. The molecule has 184 valence electrons. The highest BCUT2D eigenvalue weighted by atomic mass is 19.1. The summed E-state index contributed by atoms with van der Waals surface area (Å²) >= 11 is 0. The minimum Gasteiger partial charge on any atom is -0.487 e. The number of rotatable bonds is 10. The van der Waals surface area contributed by atoms with Crippen molar-refractivity contribution in [3.63, 3.8) is 0 Å². The smallest absolute Gasteiger partial charge is 0.333 e. The fourth-order valence-corrected chi connectivity index (χ4v) is 4.68. The van der Waals surface area contributed by atoms with Crippen molar-refractivity contribution in [1.29, 1.82) is 0 Å². The van der Waals surface area contributed by atoms with E-state index in [0.29, 0.717) is 19.6 Å². The van der Waals surface area contributed by atoms with E-state index in [1.54, 1.807) is 18.2 Å². The van der Waals surface area contributed by atoms with Crippen LogP contribution in [0.4, 0.5) is 4.39 Å². The SMILES string of the molecule is CC(C)C(OC[C@@H]1CC[C@@H]2[C@@H](/C=C/[C@@H](O)COc3ccccc3F)[C@H](O)C[C@@H]2OC1)C(=O)O. The number of aliphatic hydroxyl groups excluding tert-OH is 2. The molecule has 1 saturated heterocycles. The quantitative estimate of drug-likeness (QED) is 0.455. The molecule has 33 heavy (non-hydrogen) atoms. The predicted octanol–water partition coefficient (Wildman–Crippen LogP) is 3.04. The molecule has 2 aliphatic rings. The molecule has 1 aromatic carbocycles. The summed E-state index contributed by atoms with van der Waals surface area (Å²) in [6, 6.07) is 6.02. The van der Waals surface area contributed by atoms with E-state index < -0.39 is 30.1 Å². The van der Waals surface area contributed by atoms with Crippen molar-refractivity contribution in [2.24, 2.45) is 23.7 Å². The first-order valence-corrected chi connectivity index (χ1v) is 11.6. The lowest BCUT2D eigenvalue weighted by molar-refractivity contribution is -0.155. The maximum Gasteiger partial charge on any atom is 0.333 e. The van der Waals surface area contributed by atoms with Gasteiger partial charge in [-0.15, -0.1) is 0 Å². The van der Waals surface area contributed by atoms with Crippen molar-refractivity contribution in [3.8, 4) is 5.75 Å². The third kappa shape index (κ3) is 6.99. The molecule has 1 aromatic rings. The molecule has 0 radical (unpaired) electrons. The predicted molar refractivity (Wildman–Crippen MR) is 119 cm³/mol. The minimum absolute atomic E-state index is 0.0824. The zero-order valence-corrected chi connectivity index (χ0v) is 19.2. The van der Waals surface area contributed by atoms with Crippen molar-refractivity contribution in [1.82, 2.24) is 0 Å². The number of aliphatic carboxylic acids is 1. The van der Waals surface area contributed by atoms with Gasteiger partial charge in [-0.1, -0.05) is 38.1 Å². The number of hydrogen-bond donors (Lipinski definition) is 3. The highest BCUT2D eigenvalue weighted by molar-refractivity contribution is 5.72. The van der Waals surface area contributed by atoms with E-state index in [-0.39, 0.29) is 42.1 Å². The van der Waals surface area contributed by atoms with E-state index in [0.717, 1.165) is 12.8 Å². The number of aliphatic hydroxyl groups is 2. The molecule has 1 aliphatic carbocycles. The third-order valence-electron chi connectivity index (χ3n) is 6.51. The zero-order valence-electron chi connectivity index (χ0n) is 19.2. The lowest BCUT2D eigenvalue weighted by Gasteiger charge is -2.22. The zero-order chi connectivity index (χ0) is 24.0. The summed E-state index contributed by atoms with van der Waals surface area (Å²) in [5.41, 5.74) is 0.